The van der Waals surface area contributed by atoms with Crippen LogP contribution in [0.15, 0.2) is 83.3 Å². The van der Waals surface area contributed by atoms with E-state index < -0.39 is 5.91 Å². The Hall–Kier alpha value is -3.85. The molecule has 0 atom stereocenters. The number of hydrogen-bond donors (Lipinski definition) is 2. The maximum Gasteiger partial charge on any atom is 0.273 e. The van der Waals surface area contributed by atoms with Crippen molar-refractivity contribution in [1.82, 2.24) is 5.43 Å². The normalized spacial score (nSPS) is 10.8. The zero-order valence-corrected chi connectivity index (χ0v) is 22.6. The molecule has 0 aliphatic heterocycles. The molecule has 38 heavy (non-hydrogen) atoms. The Morgan fingerprint density at radius 1 is 0.921 bits per heavy atom. The monoisotopic (exact) mass is 567 g/mol. The Morgan fingerprint density at radius 2 is 1.76 bits per heavy atom. The first kappa shape index (κ1) is 27.2. The summed E-state index contributed by atoms with van der Waals surface area (Å²) in [6.45, 7) is 2.59. The highest BCUT2D eigenvalue weighted by Crippen LogP contribution is 2.30. The molecule has 0 fully saturated rings. The van der Waals surface area contributed by atoms with Gasteiger partial charge in [-0.25, -0.2) is 5.43 Å². The van der Waals surface area contributed by atoms with Gasteiger partial charge in [-0.3, -0.25) is 9.59 Å². The van der Waals surface area contributed by atoms with Gasteiger partial charge in [-0.1, -0.05) is 47.5 Å². The molecule has 4 aromatic rings. The third-order valence-electron chi connectivity index (χ3n) is 5.19. The van der Waals surface area contributed by atoms with Crippen LogP contribution >= 0.6 is 34.5 Å². The summed E-state index contributed by atoms with van der Waals surface area (Å²) in [6.07, 6.45) is 1.50. The van der Waals surface area contributed by atoms with Gasteiger partial charge in [0.05, 0.1) is 39.0 Å². The summed E-state index contributed by atoms with van der Waals surface area (Å²) in [6, 6.07) is 20.9. The molecule has 0 aliphatic carbocycles. The highest BCUT2D eigenvalue weighted by atomic mass is 35.5. The maximum absolute atomic E-state index is 12.8. The van der Waals surface area contributed by atoms with Crippen LogP contribution in [0.4, 0.5) is 5.69 Å². The number of rotatable bonds is 10. The number of benzene rings is 3. The first-order chi connectivity index (χ1) is 18.4. The second kappa shape index (κ2) is 13.1. The summed E-state index contributed by atoms with van der Waals surface area (Å²) in [4.78, 5) is 25.7. The van der Waals surface area contributed by atoms with Crippen LogP contribution in [0, 0.1) is 0 Å². The van der Waals surface area contributed by atoms with Gasteiger partial charge in [-0.05, 0) is 72.0 Å². The van der Waals surface area contributed by atoms with Gasteiger partial charge in [-0.15, -0.1) is 11.3 Å². The van der Waals surface area contributed by atoms with Crippen molar-refractivity contribution in [2.45, 2.75) is 13.5 Å². The van der Waals surface area contributed by atoms with Gasteiger partial charge in [0, 0.05) is 0 Å². The van der Waals surface area contributed by atoms with Crippen LogP contribution in [0.25, 0.3) is 0 Å². The molecule has 194 valence electrons. The molecule has 0 saturated carbocycles. The second-order valence-corrected chi connectivity index (χ2v) is 9.61. The molecule has 0 spiro atoms. The van der Waals surface area contributed by atoms with E-state index >= 15 is 0 Å². The van der Waals surface area contributed by atoms with Gasteiger partial charge in [0.2, 0.25) is 0 Å². The van der Waals surface area contributed by atoms with Gasteiger partial charge < -0.3 is 14.8 Å². The third-order valence-corrected chi connectivity index (χ3v) is 6.80. The van der Waals surface area contributed by atoms with Gasteiger partial charge in [0.1, 0.15) is 6.61 Å². The summed E-state index contributed by atoms with van der Waals surface area (Å²) in [5.74, 6) is 0.336. The average Bonchev–Trinajstić information content (AvgIpc) is 3.46. The van der Waals surface area contributed by atoms with E-state index in [1.165, 1.54) is 17.6 Å². The Morgan fingerprint density at radius 3 is 2.53 bits per heavy atom. The molecule has 1 heterocycles. The van der Waals surface area contributed by atoms with Crippen LogP contribution in [-0.2, 0) is 6.61 Å². The Labute approximate surface area is 234 Å². The van der Waals surface area contributed by atoms with Crippen molar-refractivity contribution in [1.29, 1.82) is 0 Å². The fourth-order valence-corrected chi connectivity index (χ4v) is 4.33. The molecule has 0 saturated heterocycles. The number of hydrogen-bond acceptors (Lipinski definition) is 6. The van der Waals surface area contributed by atoms with E-state index in [0.29, 0.717) is 44.3 Å². The number of carbonyl (C=O) groups is 2. The van der Waals surface area contributed by atoms with Crippen LogP contribution in [0.2, 0.25) is 10.0 Å². The second-order valence-electron chi connectivity index (χ2n) is 7.85. The molecule has 1 aromatic heterocycles. The molecule has 3 aromatic carbocycles. The predicted molar refractivity (Wildman–Crippen MR) is 152 cm³/mol. The molecule has 0 bridgehead atoms. The maximum atomic E-state index is 12.8. The van der Waals surface area contributed by atoms with Gasteiger partial charge >= 0.3 is 0 Å². The van der Waals surface area contributed by atoms with Crippen LogP contribution < -0.4 is 20.2 Å². The zero-order valence-electron chi connectivity index (χ0n) is 20.2. The number of halogens is 2. The lowest BCUT2D eigenvalue weighted by Crippen LogP contribution is -2.21. The highest BCUT2D eigenvalue weighted by molar-refractivity contribution is 7.12. The number of hydrazone groups is 1. The van der Waals surface area contributed by atoms with E-state index in [0.717, 1.165) is 5.56 Å². The van der Waals surface area contributed by atoms with E-state index in [2.05, 4.69) is 15.8 Å². The van der Waals surface area contributed by atoms with Crippen LogP contribution in [0.5, 0.6) is 11.5 Å². The summed E-state index contributed by atoms with van der Waals surface area (Å²) in [7, 11) is 0. The van der Waals surface area contributed by atoms with Crippen molar-refractivity contribution >= 4 is 58.3 Å². The Balaban J connectivity index is 1.41. The Kier molecular flexibility index (Phi) is 9.37. The molecular formula is C28H23Cl2N3O4S. The van der Waals surface area contributed by atoms with E-state index in [9.17, 15) is 9.59 Å². The largest absolute Gasteiger partial charge is 0.490 e. The van der Waals surface area contributed by atoms with E-state index in [4.69, 9.17) is 32.7 Å². The molecule has 2 N–H and O–H groups in total. The molecule has 4 rings (SSSR count). The number of nitrogens with zero attached hydrogens (tertiary/aromatic N) is 1. The lowest BCUT2D eigenvalue weighted by atomic mass is 10.1. The molecule has 0 aliphatic rings. The number of carbonyl (C=O) groups excluding carboxylic acids is 2. The van der Waals surface area contributed by atoms with Crippen molar-refractivity contribution in [2.75, 3.05) is 11.9 Å². The summed E-state index contributed by atoms with van der Waals surface area (Å²) in [5.41, 5.74) is 4.73. The number of para-hydroxylation sites is 1. The molecular weight excluding hydrogens is 545 g/mol. The fraction of sp³-hybridized carbons (Fsp3) is 0.107. The first-order valence-electron chi connectivity index (χ1n) is 11.6. The minimum absolute atomic E-state index is 0.281. The number of anilines is 1. The Bertz CT molecular complexity index is 1460. The lowest BCUT2D eigenvalue weighted by molar-refractivity contribution is 0.0956. The minimum atomic E-state index is -0.463. The minimum Gasteiger partial charge on any atom is -0.490 e. The SMILES string of the molecule is CCOc1cc(/C=N\NC(=O)c2ccccc2NC(=O)c2cccs2)ccc1OCc1ccc(Cl)c(Cl)c1. The zero-order chi connectivity index (χ0) is 26.9. The predicted octanol–water partition coefficient (Wildman–Crippen LogP) is 7.05. The van der Waals surface area contributed by atoms with Crippen LogP contribution in [-0.4, -0.2) is 24.6 Å². The van der Waals surface area contributed by atoms with Crippen molar-refractivity contribution < 1.29 is 19.1 Å². The van der Waals surface area contributed by atoms with Crippen molar-refractivity contribution in [3.8, 4) is 11.5 Å². The van der Waals surface area contributed by atoms with Crippen molar-refractivity contribution in [3.63, 3.8) is 0 Å². The lowest BCUT2D eigenvalue weighted by Gasteiger charge is -2.13. The number of amides is 2. The van der Waals surface area contributed by atoms with Crippen LogP contribution in [0.1, 0.15) is 38.1 Å². The summed E-state index contributed by atoms with van der Waals surface area (Å²) < 4.78 is 11.7. The van der Waals surface area contributed by atoms with Gasteiger partial charge in [0.25, 0.3) is 11.8 Å². The summed E-state index contributed by atoms with van der Waals surface area (Å²) >= 11 is 13.4. The highest BCUT2D eigenvalue weighted by Gasteiger charge is 2.14. The molecule has 7 nitrogen and oxygen atoms in total. The molecule has 2 amide bonds. The van der Waals surface area contributed by atoms with E-state index in [1.807, 2.05) is 18.4 Å². The number of thiophene rings is 1. The summed E-state index contributed by atoms with van der Waals surface area (Å²) in [5, 5.41) is 9.60. The molecule has 0 radical (unpaired) electrons. The van der Waals surface area contributed by atoms with Crippen molar-refractivity contribution in [3.05, 3.63) is 110 Å². The van der Waals surface area contributed by atoms with Gasteiger partial charge in [-0.2, -0.15) is 5.10 Å². The average molecular weight is 568 g/mol. The smallest absolute Gasteiger partial charge is 0.273 e. The van der Waals surface area contributed by atoms with Crippen LogP contribution in [0.3, 0.4) is 0 Å². The first-order valence-corrected chi connectivity index (χ1v) is 13.2. The molecule has 0 unspecified atom stereocenters. The quantitative estimate of drug-likeness (QED) is 0.159. The standard InChI is InChI=1S/C28H23Cl2N3O4S/c1-2-36-25-15-18(10-12-24(25)37-17-19-9-11-21(29)22(30)14-19)16-31-33-27(34)20-6-3-4-7-23(20)32-28(35)26-8-5-13-38-26/h3-16H,2,17H2,1H3,(H,32,35)(H,33,34)/b31-16-. The number of nitrogens with one attached hydrogen (secondary N) is 2. The topological polar surface area (TPSA) is 89.0 Å². The van der Waals surface area contributed by atoms with E-state index in [1.54, 1.807) is 66.7 Å². The number of ether oxygens (including phenoxy) is 2. The van der Waals surface area contributed by atoms with Crippen molar-refractivity contribution in [2.24, 2.45) is 5.10 Å². The third kappa shape index (κ3) is 7.13. The fourth-order valence-electron chi connectivity index (χ4n) is 3.39. The molecule has 10 heteroatoms. The van der Waals surface area contributed by atoms with E-state index in [-0.39, 0.29) is 18.1 Å². The van der Waals surface area contributed by atoms with Gasteiger partial charge in [0.15, 0.2) is 11.5 Å².